The quantitative estimate of drug-likeness (QED) is 0.676. The van der Waals surface area contributed by atoms with Crippen LogP contribution >= 0.6 is 0 Å². The Kier molecular flexibility index (Phi) is 4.19. The zero-order chi connectivity index (χ0) is 18.4. The summed E-state index contributed by atoms with van der Waals surface area (Å²) >= 11 is 0. The van der Waals surface area contributed by atoms with E-state index in [9.17, 15) is 4.79 Å². The van der Waals surface area contributed by atoms with Crippen molar-refractivity contribution in [3.05, 3.63) is 57.2 Å². The molecule has 3 rings (SSSR count). The minimum atomic E-state index is -0.302. The smallest absolute Gasteiger partial charge is 0.339 e. The lowest BCUT2D eigenvalue weighted by atomic mass is 9.92. The van der Waals surface area contributed by atoms with Gasteiger partial charge < -0.3 is 9.15 Å². The van der Waals surface area contributed by atoms with Crippen molar-refractivity contribution < 1.29 is 9.15 Å². The van der Waals surface area contributed by atoms with Crippen molar-refractivity contribution in [1.82, 2.24) is 9.78 Å². The van der Waals surface area contributed by atoms with Gasteiger partial charge in [-0.3, -0.25) is 4.68 Å². The van der Waals surface area contributed by atoms with Crippen molar-refractivity contribution in [2.24, 2.45) is 7.05 Å². The van der Waals surface area contributed by atoms with Crippen molar-refractivity contribution in [3.63, 3.8) is 0 Å². The van der Waals surface area contributed by atoms with Crippen LogP contribution in [0.3, 0.4) is 0 Å². The Morgan fingerprint density at radius 3 is 2.52 bits per heavy atom. The highest BCUT2D eigenvalue weighted by molar-refractivity contribution is 5.82. The molecule has 5 heteroatoms. The molecule has 0 atom stereocenters. The maximum atomic E-state index is 11.9. The van der Waals surface area contributed by atoms with Gasteiger partial charge in [-0.25, -0.2) is 4.79 Å². The zero-order valence-electron chi connectivity index (χ0n) is 15.6. The molecular formula is C20H24N2O3. The predicted octanol–water partition coefficient (Wildman–Crippen LogP) is 4.02. The van der Waals surface area contributed by atoms with E-state index in [0.29, 0.717) is 23.5 Å². The number of benzene rings is 1. The minimum Gasteiger partial charge on any atom is -0.487 e. The van der Waals surface area contributed by atoms with Gasteiger partial charge in [-0.1, -0.05) is 20.8 Å². The first-order valence-electron chi connectivity index (χ1n) is 8.37. The second kappa shape index (κ2) is 6.06. The van der Waals surface area contributed by atoms with E-state index < -0.39 is 0 Å². The summed E-state index contributed by atoms with van der Waals surface area (Å²) in [7, 11) is 1.92. The SMILES string of the molecule is Cc1c(C)c2ccc(OCc3cc(C(C)(C)C)nn3C)cc2oc1=O. The van der Waals surface area contributed by atoms with Crippen LogP contribution in [-0.4, -0.2) is 9.78 Å². The molecule has 2 heterocycles. The number of rotatable bonds is 3. The van der Waals surface area contributed by atoms with Crippen LogP contribution in [0.2, 0.25) is 0 Å². The lowest BCUT2D eigenvalue weighted by Gasteiger charge is -2.13. The summed E-state index contributed by atoms with van der Waals surface area (Å²) in [5.41, 5.74) is 3.85. The van der Waals surface area contributed by atoms with Crippen LogP contribution in [0.25, 0.3) is 11.0 Å². The molecule has 1 aromatic carbocycles. The van der Waals surface area contributed by atoms with Gasteiger partial charge in [0.15, 0.2) is 0 Å². The Balaban J connectivity index is 1.86. The van der Waals surface area contributed by atoms with Crippen molar-refractivity contribution in [3.8, 4) is 5.75 Å². The average molecular weight is 340 g/mol. The molecule has 5 nitrogen and oxygen atoms in total. The first-order chi connectivity index (χ1) is 11.7. The Bertz CT molecular complexity index is 991. The summed E-state index contributed by atoms with van der Waals surface area (Å²) in [5.74, 6) is 0.664. The molecule has 25 heavy (non-hydrogen) atoms. The van der Waals surface area contributed by atoms with Gasteiger partial charge in [0.25, 0.3) is 0 Å². The lowest BCUT2D eigenvalue weighted by Crippen LogP contribution is -2.12. The first-order valence-corrected chi connectivity index (χ1v) is 8.37. The highest BCUT2D eigenvalue weighted by atomic mass is 16.5. The van der Waals surface area contributed by atoms with Gasteiger partial charge >= 0.3 is 5.63 Å². The number of hydrogen-bond acceptors (Lipinski definition) is 4. The molecule has 0 saturated heterocycles. The van der Waals surface area contributed by atoms with Gasteiger partial charge in [-0.05, 0) is 37.6 Å². The lowest BCUT2D eigenvalue weighted by molar-refractivity contribution is 0.295. The molecule has 0 saturated carbocycles. The van der Waals surface area contributed by atoms with Crippen molar-refractivity contribution >= 4 is 11.0 Å². The molecule has 0 fully saturated rings. The highest BCUT2D eigenvalue weighted by Gasteiger charge is 2.19. The number of hydrogen-bond donors (Lipinski definition) is 0. The molecule has 0 aliphatic rings. The number of aryl methyl sites for hydroxylation is 2. The van der Waals surface area contributed by atoms with E-state index >= 15 is 0 Å². The van der Waals surface area contributed by atoms with Gasteiger partial charge in [-0.15, -0.1) is 0 Å². The average Bonchev–Trinajstić information content (AvgIpc) is 2.92. The summed E-state index contributed by atoms with van der Waals surface area (Å²) < 4.78 is 13.1. The Labute approximate surface area is 147 Å². The van der Waals surface area contributed by atoms with Crippen molar-refractivity contribution in [1.29, 1.82) is 0 Å². The summed E-state index contributed by atoms with van der Waals surface area (Å²) in [6.45, 7) is 10.5. The number of nitrogens with zero attached hydrogens (tertiary/aromatic N) is 2. The summed E-state index contributed by atoms with van der Waals surface area (Å²) in [4.78, 5) is 11.9. The molecule has 3 aromatic rings. The highest BCUT2D eigenvalue weighted by Crippen LogP contribution is 2.25. The van der Waals surface area contributed by atoms with Crippen LogP contribution in [-0.2, 0) is 19.1 Å². The van der Waals surface area contributed by atoms with E-state index in [1.165, 1.54) is 0 Å². The molecule has 0 aliphatic heterocycles. The molecule has 0 spiro atoms. The summed E-state index contributed by atoms with van der Waals surface area (Å²) in [6, 6.07) is 7.66. The summed E-state index contributed by atoms with van der Waals surface area (Å²) in [6.07, 6.45) is 0. The van der Waals surface area contributed by atoms with E-state index in [1.807, 2.05) is 30.8 Å². The van der Waals surface area contributed by atoms with Crippen molar-refractivity contribution in [2.45, 2.75) is 46.6 Å². The standard InChI is InChI=1S/C20H24N2O3/c1-12-13(2)19(23)25-17-10-15(7-8-16(12)17)24-11-14-9-18(20(3,4)5)21-22(14)6/h7-10H,11H2,1-6H3. The molecule has 132 valence electrons. The van der Waals surface area contributed by atoms with Crippen LogP contribution in [0.5, 0.6) is 5.75 Å². The Morgan fingerprint density at radius 1 is 1.16 bits per heavy atom. The van der Waals surface area contributed by atoms with E-state index in [-0.39, 0.29) is 11.0 Å². The van der Waals surface area contributed by atoms with Crippen LogP contribution in [0.1, 0.15) is 43.3 Å². The van der Waals surface area contributed by atoms with E-state index in [1.54, 1.807) is 13.0 Å². The maximum Gasteiger partial charge on any atom is 0.339 e. The van der Waals surface area contributed by atoms with Gasteiger partial charge in [0.2, 0.25) is 0 Å². The number of fused-ring (bicyclic) bond motifs is 1. The summed E-state index contributed by atoms with van der Waals surface area (Å²) in [5, 5.41) is 5.48. The third-order valence-electron chi connectivity index (χ3n) is 4.56. The van der Waals surface area contributed by atoms with E-state index in [2.05, 4.69) is 31.9 Å². The monoisotopic (exact) mass is 340 g/mol. The first kappa shape index (κ1) is 17.3. The fourth-order valence-electron chi connectivity index (χ4n) is 2.68. The molecule has 0 unspecified atom stereocenters. The van der Waals surface area contributed by atoms with Gasteiger partial charge in [-0.2, -0.15) is 5.10 Å². The largest absolute Gasteiger partial charge is 0.487 e. The molecule has 0 bridgehead atoms. The third-order valence-corrected chi connectivity index (χ3v) is 4.56. The van der Waals surface area contributed by atoms with Gasteiger partial charge in [0, 0.05) is 29.5 Å². The van der Waals surface area contributed by atoms with E-state index in [4.69, 9.17) is 9.15 Å². The van der Waals surface area contributed by atoms with Crippen LogP contribution < -0.4 is 10.4 Å². The maximum absolute atomic E-state index is 11.9. The van der Waals surface area contributed by atoms with Gasteiger partial charge in [0.05, 0.1) is 11.4 Å². The second-order valence-corrected chi connectivity index (χ2v) is 7.48. The topological polar surface area (TPSA) is 57.3 Å². The number of ether oxygens (including phenoxy) is 1. The Hall–Kier alpha value is -2.56. The van der Waals surface area contributed by atoms with Crippen LogP contribution in [0.4, 0.5) is 0 Å². The molecule has 0 radical (unpaired) electrons. The fourth-order valence-corrected chi connectivity index (χ4v) is 2.68. The molecular weight excluding hydrogens is 316 g/mol. The van der Waals surface area contributed by atoms with Crippen molar-refractivity contribution in [2.75, 3.05) is 0 Å². The predicted molar refractivity (Wildman–Crippen MR) is 98.2 cm³/mol. The minimum absolute atomic E-state index is 0.00223. The van der Waals surface area contributed by atoms with Gasteiger partial charge in [0.1, 0.15) is 17.9 Å². The number of aromatic nitrogens is 2. The third kappa shape index (κ3) is 3.31. The molecule has 0 aliphatic carbocycles. The molecule has 0 amide bonds. The van der Waals surface area contributed by atoms with Crippen LogP contribution in [0, 0.1) is 13.8 Å². The van der Waals surface area contributed by atoms with Crippen LogP contribution in [0.15, 0.2) is 33.5 Å². The normalized spacial score (nSPS) is 11.9. The fraction of sp³-hybridized carbons (Fsp3) is 0.400. The molecule has 0 N–H and O–H groups in total. The zero-order valence-corrected chi connectivity index (χ0v) is 15.6. The second-order valence-electron chi connectivity index (χ2n) is 7.48. The van der Waals surface area contributed by atoms with E-state index in [0.717, 1.165) is 22.3 Å². The Morgan fingerprint density at radius 2 is 1.88 bits per heavy atom. The molecule has 2 aromatic heterocycles.